The SMILES string of the molecule is CC(C)[C@H](N)C(=O)N[C@H](C(=O)N1CCC[C@H]1C(=O)N[C@@H](CC(N)=O)C(=O)O)C(C)C. The smallest absolute Gasteiger partial charge is 0.326 e. The minimum atomic E-state index is -1.47. The third-order valence-electron chi connectivity index (χ3n) is 5.11. The lowest BCUT2D eigenvalue weighted by molar-refractivity contribution is -0.146. The van der Waals surface area contributed by atoms with Crippen LogP contribution in [0.3, 0.4) is 0 Å². The Labute approximate surface area is 175 Å². The number of hydrogen-bond acceptors (Lipinski definition) is 6. The number of nitrogens with zero attached hydrogens (tertiary/aromatic N) is 1. The number of aliphatic carboxylic acids is 1. The summed E-state index contributed by atoms with van der Waals surface area (Å²) in [5.41, 5.74) is 10.9. The molecule has 0 unspecified atom stereocenters. The first kappa shape index (κ1) is 25.3. The number of carboxylic acids is 1. The molecule has 1 heterocycles. The maximum Gasteiger partial charge on any atom is 0.326 e. The number of rotatable bonds is 10. The van der Waals surface area contributed by atoms with Crippen LogP contribution >= 0.6 is 0 Å². The number of nitrogens with one attached hydrogen (secondary N) is 2. The Morgan fingerprint density at radius 2 is 1.67 bits per heavy atom. The monoisotopic (exact) mass is 427 g/mol. The predicted molar refractivity (Wildman–Crippen MR) is 108 cm³/mol. The van der Waals surface area contributed by atoms with Gasteiger partial charge in [0.2, 0.25) is 23.6 Å². The Kier molecular flexibility index (Phi) is 9.22. The zero-order valence-electron chi connectivity index (χ0n) is 17.9. The van der Waals surface area contributed by atoms with Crippen molar-refractivity contribution in [3.05, 3.63) is 0 Å². The van der Waals surface area contributed by atoms with Gasteiger partial charge in [-0.1, -0.05) is 27.7 Å². The first-order valence-electron chi connectivity index (χ1n) is 10.0. The molecule has 1 fully saturated rings. The van der Waals surface area contributed by atoms with Gasteiger partial charge in [-0.25, -0.2) is 4.79 Å². The number of hydrogen-bond donors (Lipinski definition) is 5. The van der Waals surface area contributed by atoms with Crippen molar-refractivity contribution >= 4 is 29.6 Å². The van der Waals surface area contributed by atoms with Crippen molar-refractivity contribution in [3.63, 3.8) is 0 Å². The van der Waals surface area contributed by atoms with Crippen molar-refractivity contribution in [2.45, 2.75) is 71.1 Å². The molecule has 1 aliphatic heterocycles. The molecule has 0 aromatic heterocycles. The predicted octanol–water partition coefficient (Wildman–Crippen LogP) is -1.45. The highest BCUT2D eigenvalue weighted by atomic mass is 16.4. The van der Waals surface area contributed by atoms with Gasteiger partial charge >= 0.3 is 5.97 Å². The zero-order chi connectivity index (χ0) is 23.2. The highest BCUT2D eigenvalue weighted by Crippen LogP contribution is 2.21. The van der Waals surface area contributed by atoms with Crippen molar-refractivity contribution in [3.8, 4) is 0 Å². The third kappa shape index (κ3) is 6.68. The van der Waals surface area contributed by atoms with E-state index in [0.29, 0.717) is 19.4 Å². The van der Waals surface area contributed by atoms with Gasteiger partial charge in [-0.15, -0.1) is 0 Å². The summed E-state index contributed by atoms with van der Waals surface area (Å²) in [7, 11) is 0. The number of likely N-dealkylation sites (tertiary alicyclic amines) is 1. The first-order valence-corrected chi connectivity index (χ1v) is 10.0. The molecule has 7 N–H and O–H groups in total. The molecule has 0 saturated carbocycles. The quantitative estimate of drug-likeness (QED) is 0.282. The Balaban J connectivity index is 2.94. The summed E-state index contributed by atoms with van der Waals surface area (Å²) >= 11 is 0. The summed E-state index contributed by atoms with van der Waals surface area (Å²) < 4.78 is 0. The molecule has 0 bridgehead atoms. The largest absolute Gasteiger partial charge is 0.480 e. The van der Waals surface area contributed by atoms with Gasteiger partial charge in [0.25, 0.3) is 0 Å². The topological polar surface area (TPSA) is 185 Å². The molecular weight excluding hydrogens is 394 g/mol. The minimum absolute atomic E-state index is 0.114. The number of carbonyl (C=O) groups excluding carboxylic acids is 4. The molecule has 0 radical (unpaired) electrons. The summed E-state index contributed by atoms with van der Waals surface area (Å²) in [6, 6.07) is -4.03. The van der Waals surface area contributed by atoms with Crippen LogP contribution in [0.1, 0.15) is 47.0 Å². The lowest BCUT2D eigenvalue weighted by Crippen LogP contribution is -2.58. The fourth-order valence-corrected chi connectivity index (χ4v) is 3.22. The Morgan fingerprint density at radius 1 is 1.07 bits per heavy atom. The second-order valence-electron chi connectivity index (χ2n) is 8.26. The molecule has 30 heavy (non-hydrogen) atoms. The molecule has 4 atom stereocenters. The van der Waals surface area contributed by atoms with E-state index in [-0.39, 0.29) is 11.8 Å². The van der Waals surface area contributed by atoms with Gasteiger partial charge < -0.3 is 32.1 Å². The fourth-order valence-electron chi connectivity index (χ4n) is 3.22. The number of carboxylic acid groups (broad SMARTS) is 1. The minimum Gasteiger partial charge on any atom is -0.480 e. The average molecular weight is 428 g/mol. The van der Waals surface area contributed by atoms with Gasteiger partial charge in [-0.2, -0.15) is 0 Å². The van der Waals surface area contributed by atoms with E-state index < -0.39 is 60.2 Å². The summed E-state index contributed by atoms with van der Waals surface area (Å²) in [4.78, 5) is 61.8. The van der Waals surface area contributed by atoms with Crippen LogP contribution in [0.25, 0.3) is 0 Å². The van der Waals surface area contributed by atoms with Crippen LogP contribution in [0.4, 0.5) is 0 Å². The molecule has 0 aromatic carbocycles. The van der Waals surface area contributed by atoms with E-state index >= 15 is 0 Å². The Hall–Kier alpha value is -2.69. The standard InChI is InChI=1S/C19H33N5O6/c1-9(2)14(21)17(27)23-15(10(3)4)18(28)24-7-5-6-12(24)16(26)22-11(19(29)30)8-13(20)25/h9-12,14-15H,5-8,21H2,1-4H3,(H2,20,25)(H,22,26)(H,23,27)(H,29,30)/t11-,12-,14-,15-/m0/s1. The lowest BCUT2D eigenvalue weighted by Gasteiger charge is -2.31. The number of nitrogens with two attached hydrogens (primary N) is 2. The highest BCUT2D eigenvalue weighted by Gasteiger charge is 2.40. The van der Waals surface area contributed by atoms with Crippen LogP contribution in [-0.4, -0.2) is 70.3 Å². The van der Waals surface area contributed by atoms with Gasteiger partial charge in [-0.3, -0.25) is 19.2 Å². The van der Waals surface area contributed by atoms with Gasteiger partial charge in [0, 0.05) is 6.54 Å². The molecule has 1 saturated heterocycles. The normalized spacial score (nSPS) is 19.3. The van der Waals surface area contributed by atoms with Crippen molar-refractivity contribution in [2.24, 2.45) is 23.3 Å². The van der Waals surface area contributed by atoms with E-state index in [2.05, 4.69) is 10.6 Å². The van der Waals surface area contributed by atoms with Gasteiger partial charge in [0.15, 0.2) is 0 Å². The van der Waals surface area contributed by atoms with E-state index in [1.165, 1.54) is 4.90 Å². The van der Waals surface area contributed by atoms with Crippen molar-refractivity contribution in [1.29, 1.82) is 0 Å². The van der Waals surface area contributed by atoms with E-state index in [4.69, 9.17) is 11.5 Å². The van der Waals surface area contributed by atoms with Gasteiger partial charge in [0.1, 0.15) is 18.1 Å². The summed E-state index contributed by atoms with van der Waals surface area (Å²) in [6.45, 7) is 7.41. The molecular formula is C19H33N5O6. The van der Waals surface area contributed by atoms with Crippen molar-refractivity contribution in [2.75, 3.05) is 6.54 Å². The second kappa shape index (κ2) is 10.9. The molecule has 11 nitrogen and oxygen atoms in total. The van der Waals surface area contributed by atoms with Crippen LogP contribution in [0.15, 0.2) is 0 Å². The number of carbonyl (C=O) groups is 5. The van der Waals surface area contributed by atoms with Crippen LogP contribution in [0.5, 0.6) is 0 Å². The summed E-state index contributed by atoms with van der Waals surface area (Å²) in [6.07, 6.45) is 0.325. The number of amides is 4. The maximum absolute atomic E-state index is 13.1. The second-order valence-corrected chi connectivity index (χ2v) is 8.26. The van der Waals surface area contributed by atoms with E-state index in [9.17, 15) is 29.1 Å². The molecule has 1 rings (SSSR count). The first-order chi connectivity index (χ1) is 13.9. The highest BCUT2D eigenvalue weighted by molar-refractivity contribution is 5.95. The van der Waals surface area contributed by atoms with E-state index in [1.807, 2.05) is 0 Å². The summed E-state index contributed by atoms with van der Waals surface area (Å²) in [5.74, 6) is -4.21. The van der Waals surface area contributed by atoms with Crippen LogP contribution < -0.4 is 22.1 Å². The van der Waals surface area contributed by atoms with E-state index in [1.54, 1.807) is 27.7 Å². The molecule has 0 aromatic rings. The van der Waals surface area contributed by atoms with Crippen LogP contribution in [0, 0.1) is 11.8 Å². The molecule has 4 amide bonds. The van der Waals surface area contributed by atoms with E-state index in [0.717, 1.165) is 0 Å². The lowest BCUT2D eigenvalue weighted by atomic mass is 9.99. The van der Waals surface area contributed by atoms with Crippen molar-refractivity contribution < 1.29 is 29.1 Å². The summed E-state index contributed by atoms with van der Waals surface area (Å²) in [5, 5.41) is 14.1. The Morgan fingerprint density at radius 3 is 2.13 bits per heavy atom. The number of primary amides is 1. The molecule has 0 spiro atoms. The molecule has 0 aliphatic carbocycles. The van der Waals surface area contributed by atoms with Crippen LogP contribution in [0.2, 0.25) is 0 Å². The fraction of sp³-hybridized carbons (Fsp3) is 0.737. The zero-order valence-corrected chi connectivity index (χ0v) is 17.9. The third-order valence-corrected chi connectivity index (χ3v) is 5.11. The molecule has 1 aliphatic rings. The maximum atomic E-state index is 13.1. The van der Waals surface area contributed by atoms with Crippen LogP contribution in [-0.2, 0) is 24.0 Å². The molecule has 170 valence electrons. The van der Waals surface area contributed by atoms with Crippen molar-refractivity contribution in [1.82, 2.24) is 15.5 Å². The average Bonchev–Trinajstić information content (AvgIpc) is 3.13. The van der Waals surface area contributed by atoms with Gasteiger partial charge in [-0.05, 0) is 24.7 Å². The van der Waals surface area contributed by atoms with Gasteiger partial charge in [0.05, 0.1) is 12.5 Å². The Bertz CT molecular complexity index is 680. The molecule has 11 heteroatoms.